The van der Waals surface area contributed by atoms with Gasteiger partial charge in [0.2, 0.25) is 17.7 Å². The van der Waals surface area contributed by atoms with E-state index in [9.17, 15) is 4.79 Å². The summed E-state index contributed by atoms with van der Waals surface area (Å²) in [5, 5.41) is 6.83. The highest BCUT2D eigenvalue weighted by atomic mass is 16.5. The van der Waals surface area contributed by atoms with E-state index in [4.69, 9.17) is 28.3 Å². The maximum absolute atomic E-state index is 13.5. The number of benzene rings is 3. The summed E-state index contributed by atoms with van der Waals surface area (Å²) in [6, 6.07) is 21.5. The van der Waals surface area contributed by atoms with Crippen LogP contribution in [0, 0.1) is 11.8 Å². The first-order valence-electron chi connectivity index (χ1n) is 14.9. The van der Waals surface area contributed by atoms with Crippen LogP contribution in [0.4, 0.5) is 5.69 Å². The lowest BCUT2D eigenvalue weighted by Crippen LogP contribution is -2.40. The number of hydrogen-bond donors (Lipinski definition) is 2. The molecule has 9 nitrogen and oxygen atoms in total. The maximum Gasteiger partial charge on any atom is 0.249 e. The van der Waals surface area contributed by atoms with Gasteiger partial charge < -0.3 is 28.9 Å². The van der Waals surface area contributed by atoms with Gasteiger partial charge >= 0.3 is 0 Å². The largest absolute Gasteiger partial charge is 0.497 e. The van der Waals surface area contributed by atoms with Crippen molar-refractivity contribution in [1.82, 2.24) is 15.3 Å². The van der Waals surface area contributed by atoms with Gasteiger partial charge in [-0.15, -0.1) is 0 Å². The molecule has 2 N–H and O–H groups in total. The molecule has 1 amide bonds. The van der Waals surface area contributed by atoms with Crippen molar-refractivity contribution in [3.05, 3.63) is 101 Å². The monoisotopic (exact) mass is 588 g/mol. The van der Waals surface area contributed by atoms with Gasteiger partial charge in [-0.25, -0.2) is 9.97 Å². The Kier molecular flexibility index (Phi) is 5.88. The Hall–Kier alpha value is -5.05. The molecule has 2 aromatic heterocycles. The zero-order valence-electron chi connectivity index (χ0n) is 24.9. The van der Waals surface area contributed by atoms with E-state index in [0.717, 1.165) is 39.4 Å². The lowest BCUT2D eigenvalue weighted by atomic mass is 9.72. The first-order valence-corrected chi connectivity index (χ1v) is 14.9. The van der Waals surface area contributed by atoms with Crippen molar-refractivity contribution < 1.29 is 23.1 Å². The molecule has 4 atom stereocenters. The van der Waals surface area contributed by atoms with Gasteiger partial charge in [0.25, 0.3) is 0 Å². The molecule has 0 radical (unpaired) electrons. The second kappa shape index (κ2) is 9.74. The van der Waals surface area contributed by atoms with Crippen molar-refractivity contribution in [2.75, 3.05) is 12.4 Å². The standard InChI is InChI=1S/C35H32N4O5/c1-18(2)28-33-39-29(32-36-17-27(42-32)21-10-12-22(41-4)13-11-21)30(44-33)35-23-7-5-6-8-25(23)37-34(35)43-26-14-9-20(16-24(26)35)15-19(3)31(40)38-28/h5-14,16-19,28,34,37H,15H2,1-4H3,(H,38,40)/t19-,28-,34-,35?/m0/s1. The van der Waals surface area contributed by atoms with Gasteiger partial charge in [-0.1, -0.05) is 51.1 Å². The number of anilines is 1. The average molecular weight is 589 g/mol. The molecule has 5 heterocycles. The van der Waals surface area contributed by atoms with Crippen LogP contribution in [0.25, 0.3) is 22.9 Å². The topological polar surface area (TPSA) is 112 Å². The van der Waals surface area contributed by atoms with Gasteiger partial charge in [0.05, 0.1) is 13.3 Å². The van der Waals surface area contributed by atoms with Gasteiger partial charge in [-0.3, -0.25) is 4.79 Å². The molecular weight excluding hydrogens is 556 g/mol. The van der Waals surface area contributed by atoms with Crippen LogP contribution in [-0.2, 0) is 16.6 Å². The van der Waals surface area contributed by atoms with E-state index in [1.165, 1.54) is 0 Å². The van der Waals surface area contributed by atoms with Crippen LogP contribution in [0.15, 0.2) is 81.8 Å². The number of hydrogen-bond acceptors (Lipinski definition) is 8. The number of nitrogens with zero attached hydrogens (tertiary/aromatic N) is 2. The summed E-state index contributed by atoms with van der Waals surface area (Å²) in [7, 11) is 1.64. The van der Waals surface area contributed by atoms with Crippen molar-refractivity contribution in [1.29, 1.82) is 0 Å². The van der Waals surface area contributed by atoms with E-state index in [2.05, 4.69) is 28.8 Å². The second-order valence-corrected chi connectivity index (χ2v) is 12.1. The molecule has 1 spiro atoms. The maximum atomic E-state index is 13.5. The summed E-state index contributed by atoms with van der Waals surface area (Å²) in [6.45, 7) is 6.04. The van der Waals surface area contributed by atoms with Crippen molar-refractivity contribution in [3.8, 4) is 34.4 Å². The number of amides is 1. The molecule has 0 saturated carbocycles. The van der Waals surface area contributed by atoms with Crippen molar-refractivity contribution >= 4 is 11.6 Å². The van der Waals surface area contributed by atoms with Gasteiger partial charge in [-0.05, 0) is 59.9 Å². The number of rotatable bonds is 4. The third kappa shape index (κ3) is 3.81. The number of carbonyl (C=O) groups excluding carboxylic acids is 1. The number of aromatic nitrogens is 2. The SMILES string of the molecule is COc1ccc(-c2cnc(-c3nc4oc3C35c6ccccc6N[C@H]3Oc3ccc(cc35)C[C@H](C)C(=O)N[C@H]4C(C)C)o2)cc1. The van der Waals surface area contributed by atoms with Crippen LogP contribution in [0.5, 0.6) is 11.5 Å². The summed E-state index contributed by atoms with van der Waals surface area (Å²) in [6.07, 6.45) is 1.79. The fourth-order valence-corrected chi connectivity index (χ4v) is 6.76. The molecule has 1 unspecified atom stereocenters. The lowest BCUT2D eigenvalue weighted by molar-refractivity contribution is -0.125. The first-order chi connectivity index (χ1) is 21.4. The second-order valence-electron chi connectivity index (χ2n) is 12.1. The van der Waals surface area contributed by atoms with Crippen LogP contribution in [0.3, 0.4) is 0 Å². The van der Waals surface area contributed by atoms with E-state index in [-0.39, 0.29) is 17.7 Å². The van der Waals surface area contributed by atoms with Crippen LogP contribution < -0.4 is 20.1 Å². The first kappa shape index (κ1) is 26.6. The van der Waals surface area contributed by atoms with E-state index in [1.807, 2.05) is 69.3 Å². The predicted octanol–water partition coefficient (Wildman–Crippen LogP) is 6.49. The zero-order chi connectivity index (χ0) is 30.2. The number of nitrogens with one attached hydrogen (secondary N) is 2. The van der Waals surface area contributed by atoms with Crippen molar-refractivity contribution in [2.45, 2.75) is 44.9 Å². The van der Waals surface area contributed by atoms with Crippen LogP contribution in [0.2, 0.25) is 0 Å². The summed E-state index contributed by atoms with van der Waals surface area (Å²) in [4.78, 5) is 23.2. The Balaban J connectivity index is 1.40. The zero-order valence-corrected chi connectivity index (χ0v) is 24.9. The summed E-state index contributed by atoms with van der Waals surface area (Å²) in [5.74, 6) is 3.06. The molecule has 3 aliphatic rings. The minimum Gasteiger partial charge on any atom is -0.497 e. The fraction of sp³-hybridized carbons (Fsp3) is 0.286. The molecular formula is C35H32N4O5. The highest BCUT2D eigenvalue weighted by molar-refractivity contribution is 5.80. The quantitative estimate of drug-likeness (QED) is 0.245. The van der Waals surface area contributed by atoms with Crippen LogP contribution >= 0.6 is 0 Å². The van der Waals surface area contributed by atoms with Gasteiger partial charge in [0.15, 0.2) is 23.4 Å². The Morgan fingerprint density at radius 2 is 1.82 bits per heavy atom. The Morgan fingerprint density at radius 3 is 2.61 bits per heavy atom. The third-order valence-electron chi connectivity index (χ3n) is 9.05. The van der Waals surface area contributed by atoms with Gasteiger partial charge in [-0.2, -0.15) is 0 Å². The molecule has 0 fully saturated rings. The Morgan fingerprint density at radius 1 is 1.00 bits per heavy atom. The summed E-state index contributed by atoms with van der Waals surface area (Å²) >= 11 is 0. The average Bonchev–Trinajstić information content (AvgIpc) is 3.80. The van der Waals surface area contributed by atoms with Gasteiger partial charge in [0, 0.05) is 22.7 Å². The number of para-hydroxylation sites is 1. The molecule has 0 aliphatic carbocycles. The molecule has 4 bridgehead atoms. The number of carbonyl (C=O) groups is 1. The molecule has 44 heavy (non-hydrogen) atoms. The molecule has 3 aromatic carbocycles. The Labute approximate surface area is 254 Å². The lowest BCUT2D eigenvalue weighted by Gasteiger charge is -2.28. The van der Waals surface area contributed by atoms with Crippen molar-refractivity contribution in [3.63, 3.8) is 0 Å². The minimum atomic E-state index is -0.884. The number of methoxy groups -OCH3 is 1. The molecule has 9 heteroatoms. The van der Waals surface area contributed by atoms with E-state index in [0.29, 0.717) is 35.4 Å². The van der Waals surface area contributed by atoms with Crippen LogP contribution in [0.1, 0.15) is 55.2 Å². The van der Waals surface area contributed by atoms with Crippen molar-refractivity contribution in [2.24, 2.45) is 11.8 Å². The summed E-state index contributed by atoms with van der Waals surface area (Å²) < 4.78 is 25.2. The van der Waals surface area contributed by atoms with Gasteiger partial charge in [0.1, 0.15) is 23.0 Å². The normalized spacial score (nSPS) is 23.1. The smallest absolute Gasteiger partial charge is 0.249 e. The Bertz CT molecular complexity index is 1910. The van der Waals surface area contributed by atoms with E-state index >= 15 is 0 Å². The number of oxazole rings is 2. The third-order valence-corrected chi connectivity index (χ3v) is 9.05. The highest BCUT2D eigenvalue weighted by Gasteiger charge is 2.61. The number of ether oxygens (including phenoxy) is 2. The molecule has 222 valence electrons. The summed E-state index contributed by atoms with van der Waals surface area (Å²) in [5.41, 5.74) is 4.41. The van der Waals surface area contributed by atoms with Crippen LogP contribution in [-0.4, -0.2) is 29.2 Å². The molecule has 0 saturated heterocycles. The van der Waals surface area contributed by atoms with E-state index < -0.39 is 17.7 Å². The number of fused-ring (bicyclic) bond motifs is 4. The highest BCUT2D eigenvalue weighted by Crippen LogP contribution is 2.59. The van der Waals surface area contributed by atoms with E-state index in [1.54, 1.807) is 13.3 Å². The predicted molar refractivity (Wildman–Crippen MR) is 163 cm³/mol. The molecule has 3 aliphatic heterocycles. The molecule has 5 aromatic rings. The fourth-order valence-electron chi connectivity index (χ4n) is 6.76. The minimum absolute atomic E-state index is 0.00311. The molecule has 8 rings (SSSR count).